The smallest absolute Gasteiger partial charge is 0.185 e. The van der Waals surface area contributed by atoms with Crippen LogP contribution in [0.3, 0.4) is 0 Å². The van der Waals surface area contributed by atoms with Crippen LogP contribution in [0.1, 0.15) is 39.5 Å². The predicted molar refractivity (Wildman–Crippen MR) is 69.3 cm³/mol. The zero-order valence-electron chi connectivity index (χ0n) is 10.7. The molecule has 1 aliphatic rings. The summed E-state index contributed by atoms with van der Waals surface area (Å²) in [6.07, 6.45) is 5.05. The first-order valence-electron chi connectivity index (χ1n) is 6.48. The summed E-state index contributed by atoms with van der Waals surface area (Å²) in [6, 6.07) is 0.527. The highest BCUT2D eigenvalue weighted by atomic mass is 15.2. The number of rotatable bonds is 6. The van der Waals surface area contributed by atoms with Crippen LogP contribution in [0.4, 0.5) is 0 Å². The highest BCUT2D eigenvalue weighted by molar-refractivity contribution is 5.75. The Morgan fingerprint density at radius 1 is 1.19 bits per heavy atom. The molecule has 0 saturated carbocycles. The summed E-state index contributed by atoms with van der Waals surface area (Å²) in [5.41, 5.74) is 10.9. The first kappa shape index (κ1) is 13.3. The van der Waals surface area contributed by atoms with E-state index in [0.29, 0.717) is 12.0 Å². The second-order valence-electron chi connectivity index (χ2n) is 4.65. The maximum atomic E-state index is 5.43. The monoisotopic (exact) mass is 226 g/mol. The molecule has 0 aromatic rings. The maximum Gasteiger partial charge on any atom is 0.185 e. The van der Waals surface area contributed by atoms with E-state index in [0.717, 1.165) is 6.54 Å². The molecular formula is C12H26N4. The summed E-state index contributed by atoms with van der Waals surface area (Å²) in [6.45, 7) is 7.69. The van der Waals surface area contributed by atoms with Crippen molar-refractivity contribution in [1.82, 2.24) is 4.90 Å². The Bertz CT molecular complexity index is 211. The van der Waals surface area contributed by atoms with Crippen LogP contribution < -0.4 is 11.5 Å². The molecule has 0 aromatic carbocycles. The SMILES string of the molecule is CCC(CC)[C@@H](CN=C(N)N)N1CCCC1. The van der Waals surface area contributed by atoms with Gasteiger partial charge >= 0.3 is 0 Å². The molecule has 0 bridgehead atoms. The minimum Gasteiger partial charge on any atom is -0.370 e. The van der Waals surface area contributed by atoms with E-state index >= 15 is 0 Å². The van der Waals surface area contributed by atoms with Gasteiger partial charge < -0.3 is 11.5 Å². The van der Waals surface area contributed by atoms with E-state index in [2.05, 4.69) is 23.7 Å². The van der Waals surface area contributed by atoms with Crippen LogP contribution in [0.5, 0.6) is 0 Å². The van der Waals surface area contributed by atoms with E-state index in [-0.39, 0.29) is 5.96 Å². The van der Waals surface area contributed by atoms with E-state index in [1.165, 1.54) is 38.8 Å². The fraction of sp³-hybridized carbons (Fsp3) is 0.917. The Morgan fingerprint density at radius 3 is 2.19 bits per heavy atom. The van der Waals surface area contributed by atoms with E-state index < -0.39 is 0 Å². The maximum absolute atomic E-state index is 5.43. The molecule has 1 aliphatic heterocycles. The van der Waals surface area contributed by atoms with Crippen LogP contribution in [-0.4, -0.2) is 36.5 Å². The summed E-state index contributed by atoms with van der Waals surface area (Å²) in [5, 5.41) is 0. The molecule has 0 aromatic heterocycles. The molecule has 94 valence electrons. The van der Waals surface area contributed by atoms with Gasteiger partial charge in [-0.25, -0.2) is 0 Å². The van der Waals surface area contributed by atoms with Crippen molar-refractivity contribution in [2.45, 2.75) is 45.6 Å². The Hall–Kier alpha value is -0.770. The summed E-state index contributed by atoms with van der Waals surface area (Å²) in [7, 11) is 0. The largest absolute Gasteiger partial charge is 0.370 e. The van der Waals surface area contributed by atoms with Crippen LogP contribution in [0.25, 0.3) is 0 Å². The summed E-state index contributed by atoms with van der Waals surface area (Å²) < 4.78 is 0. The van der Waals surface area contributed by atoms with Crippen molar-refractivity contribution in [1.29, 1.82) is 0 Å². The van der Waals surface area contributed by atoms with Crippen LogP contribution in [-0.2, 0) is 0 Å². The summed E-state index contributed by atoms with van der Waals surface area (Å²) in [4.78, 5) is 6.78. The van der Waals surface area contributed by atoms with Gasteiger partial charge in [0.2, 0.25) is 0 Å². The zero-order valence-corrected chi connectivity index (χ0v) is 10.7. The highest BCUT2D eigenvalue weighted by Gasteiger charge is 2.27. The van der Waals surface area contributed by atoms with Gasteiger partial charge in [0.1, 0.15) is 0 Å². The lowest BCUT2D eigenvalue weighted by atomic mass is 9.93. The minimum absolute atomic E-state index is 0.218. The van der Waals surface area contributed by atoms with E-state index in [1.807, 2.05) is 0 Å². The molecule has 4 nitrogen and oxygen atoms in total. The molecule has 4 heteroatoms. The minimum atomic E-state index is 0.218. The third-order valence-electron chi connectivity index (χ3n) is 3.66. The summed E-state index contributed by atoms with van der Waals surface area (Å²) in [5.74, 6) is 0.927. The second kappa shape index (κ2) is 6.74. The van der Waals surface area contributed by atoms with Crippen molar-refractivity contribution in [3.63, 3.8) is 0 Å². The van der Waals surface area contributed by atoms with Crippen molar-refractivity contribution >= 4 is 5.96 Å². The molecule has 0 aliphatic carbocycles. The standard InChI is InChI=1S/C12H26N4/c1-3-10(4-2)11(9-15-12(13)14)16-7-5-6-8-16/h10-11H,3-9H2,1-2H3,(H4,13,14,15)/t11-/m1/s1. The van der Waals surface area contributed by atoms with Gasteiger partial charge in [-0.15, -0.1) is 0 Å². The van der Waals surface area contributed by atoms with Gasteiger partial charge in [0.25, 0.3) is 0 Å². The number of nitrogens with zero attached hydrogens (tertiary/aromatic N) is 2. The first-order valence-corrected chi connectivity index (χ1v) is 6.48. The molecule has 4 N–H and O–H groups in total. The second-order valence-corrected chi connectivity index (χ2v) is 4.65. The van der Waals surface area contributed by atoms with Crippen LogP contribution in [0.2, 0.25) is 0 Å². The molecule has 1 heterocycles. The van der Waals surface area contributed by atoms with E-state index in [9.17, 15) is 0 Å². The Labute approximate surface area is 99.1 Å². The van der Waals surface area contributed by atoms with Crippen molar-refractivity contribution in [2.24, 2.45) is 22.4 Å². The lowest BCUT2D eigenvalue weighted by Crippen LogP contribution is -2.41. The molecule has 0 amide bonds. The fourth-order valence-corrected chi connectivity index (χ4v) is 2.67. The lowest BCUT2D eigenvalue weighted by Gasteiger charge is -2.32. The third kappa shape index (κ3) is 3.67. The molecule has 1 rings (SSSR count). The molecule has 0 spiro atoms. The van der Waals surface area contributed by atoms with Gasteiger partial charge in [-0.1, -0.05) is 26.7 Å². The molecule has 0 unspecified atom stereocenters. The number of hydrogen-bond acceptors (Lipinski definition) is 2. The number of likely N-dealkylation sites (tertiary alicyclic amines) is 1. The van der Waals surface area contributed by atoms with Gasteiger partial charge in [-0.2, -0.15) is 0 Å². The number of nitrogens with two attached hydrogens (primary N) is 2. The quantitative estimate of drug-likeness (QED) is 0.527. The molecule has 16 heavy (non-hydrogen) atoms. The number of hydrogen-bond donors (Lipinski definition) is 2. The van der Waals surface area contributed by atoms with Gasteiger partial charge in [0, 0.05) is 6.04 Å². The molecular weight excluding hydrogens is 200 g/mol. The van der Waals surface area contributed by atoms with Gasteiger partial charge in [-0.05, 0) is 31.8 Å². The highest BCUT2D eigenvalue weighted by Crippen LogP contribution is 2.23. The first-order chi connectivity index (χ1) is 7.69. The Balaban J connectivity index is 2.62. The Morgan fingerprint density at radius 2 is 1.75 bits per heavy atom. The van der Waals surface area contributed by atoms with Crippen molar-refractivity contribution < 1.29 is 0 Å². The van der Waals surface area contributed by atoms with Crippen LogP contribution >= 0.6 is 0 Å². The fourth-order valence-electron chi connectivity index (χ4n) is 2.67. The molecule has 1 fully saturated rings. The topological polar surface area (TPSA) is 67.6 Å². The molecule has 1 atom stereocenters. The zero-order chi connectivity index (χ0) is 12.0. The average Bonchev–Trinajstić information content (AvgIpc) is 2.77. The van der Waals surface area contributed by atoms with Gasteiger partial charge in [0.05, 0.1) is 6.54 Å². The van der Waals surface area contributed by atoms with E-state index in [4.69, 9.17) is 11.5 Å². The molecule has 0 radical (unpaired) electrons. The van der Waals surface area contributed by atoms with Crippen molar-refractivity contribution in [3.8, 4) is 0 Å². The van der Waals surface area contributed by atoms with Crippen molar-refractivity contribution in [2.75, 3.05) is 19.6 Å². The predicted octanol–water partition coefficient (Wildman–Crippen LogP) is 1.16. The Kier molecular flexibility index (Phi) is 5.60. The number of aliphatic imine (C=N–C) groups is 1. The van der Waals surface area contributed by atoms with Crippen LogP contribution in [0, 0.1) is 5.92 Å². The van der Waals surface area contributed by atoms with Gasteiger partial charge in [0.15, 0.2) is 5.96 Å². The van der Waals surface area contributed by atoms with Crippen molar-refractivity contribution in [3.05, 3.63) is 0 Å². The number of guanidine groups is 1. The molecule has 1 saturated heterocycles. The van der Waals surface area contributed by atoms with Gasteiger partial charge in [-0.3, -0.25) is 9.89 Å². The lowest BCUT2D eigenvalue weighted by molar-refractivity contribution is 0.172. The summed E-state index contributed by atoms with van der Waals surface area (Å²) >= 11 is 0. The van der Waals surface area contributed by atoms with Crippen LogP contribution in [0.15, 0.2) is 4.99 Å². The average molecular weight is 226 g/mol. The normalized spacial score (nSPS) is 18.9. The third-order valence-corrected chi connectivity index (χ3v) is 3.66. The van der Waals surface area contributed by atoms with E-state index in [1.54, 1.807) is 0 Å².